The van der Waals surface area contributed by atoms with Crippen molar-refractivity contribution < 1.29 is 23.8 Å². The van der Waals surface area contributed by atoms with Gasteiger partial charge in [0.05, 0.1) is 25.9 Å². The van der Waals surface area contributed by atoms with Crippen LogP contribution in [0, 0.1) is 0 Å². The first-order chi connectivity index (χ1) is 9.52. The van der Waals surface area contributed by atoms with Crippen LogP contribution in [-0.2, 0) is 14.3 Å². The topological polar surface area (TPSA) is 80.0 Å². The Kier molecular flexibility index (Phi) is 6.52. The molecule has 0 aliphatic carbocycles. The number of aliphatic hydroxyl groups excluding tert-OH is 1. The molecular formula is C14H19NO5. The first kappa shape index (κ1) is 16.0. The number of ether oxygens (including phenoxy) is 1. The van der Waals surface area contributed by atoms with E-state index in [4.69, 9.17) is 4.42 Å². The molecule has 1 heterocycles. The quantitative estimate of drug-likeness (QED) is 0.597. The average molecular weight is 281 g/mol. The van der Waals surface area contributed by atoms with Gasteiger partial charge >= 0.3 is 5.97 Å². The number of methoxy groups -OCH3 is 1. The van der Waals surface area contributed by atoms with Crippen LogP contribution < -0.4 is 0 Å². The zero-order valence-electron chi connectivity index (χ0n) is 11.6. The lowest BCUT2D eigenvalue weighted by Crippen LogP contribution is -2.37. The smallest absolute Gasteiger partial charge is 0.307 e. The molecule has 1 rings (SSSR count). The van der Waals surface area contributed by atoms with E-state index >= 15 is 0 Å². The van der Waals surface area contributed by atoms with Crippen LogP contribution in [0.3, 0.4) is 0 Å². The second-order valence-corrected chi connectivity index (χ2v) is 4.31. The number of rotatable bonds is 7. The van der Waals surface area contributed by atoms with Crippen molar-refractivity contribution in [1.82, 2.24) is 4.90 Å². The molecule has 1 unspecified atom stereocenters. The molecule has 0 radical (unpaired) electrons. The van der Waals surface area contributed by atoms with Crippen molar-refractivity contribution in [3.8, 4) is 0 Å². The van der Waals surface area contributed by atoms with Gasteiger partial charge in [0.1, 0.15) is 5.76 Å². The molecule has 6 heteroatoms. The molecule has 0 aliphatic heterocycles. The third-order valence-corrected chi connectivity index (χ3v) is 2.54. The van der Waals surface area contributed by atoms with Gasteiger partial charge in [0.15, 0.2) is 0 Å². The summed E-state index contributed by atoms with van der Waals surface area (Å²) in [5.41, 5.74) is 0. The van der Waals surface area contributed by atoms with E-state index in [0.717, 1.165) is 0 Å². The summed E-state index contributed by atoms with van der Waals surface area (Å²) in [5, 5.41) is 9.39. The fourth-order valence-electron chi connectivity index (χ4n) is 1.58. The van der Waals surface area contributed by atoms with Gasteiger partial charge in [-0.25, -0.2) is 0 Å². The molecule has 1 amide bonds. The number of furan rings is 1. The monoisotopic (exact) mass is 281 g/mol. The normalized spacial score (nSPS) is 12.3. The van der Waals surface area contributed by atoms with Crippen LogP contribution in [-0.4, -0.2) is 48.2 Å². The van der Waals surface area contributed by atoms with E-state index in [1.165, 1.54) is 30.4 Å². The lowest BCUT2D eigenvalue weighted by atomic mass is 10.3. The Bertz CT molecular complexity index is 450. The Hall–Kier alpha value is -2.08. The number of carbonyl (C=O) groups excluding carboxylic acids is 2. The van der Waals surface area contributed by atoms with Gasteiger partial charge in [-0.1, -0.05) is 0 Å². The molecule has 0 saturated carbocycles. The Morgan fingerprint density at radius 1 is 1.55 bits per heavy atom. The summed E-state index contributed by atoms with van der Waals surface area (Å²) in [6.45, 7) is 1.92. The van der Waals surface area contributed by atoms with Gasteiger partial charge in [-0.3, -0.25) is 9.59 Å². The summed E-state index contributed by atoms with van der Waals surface area (Å²) < 4.78 is 9.61. The summed E-state index contributed by atoms with van der Waals surface area (Å²) in [4.78, 5) is 24.5. The molecule has 20 heavy (non-hydrogen) atoms. The van der Waals surface area contributed by atoms with Crippen LogP contribution in [0.4, 0.5) is 0 Å². The summed E-state index contributed by atoms with van der Waals surface area (Å²) in [6.07, 6.45) is 3.81. The highest BCUT2D eigenvalue weighted by molar-refractivity contribution is 5.91. The second kappa shape index (κ2) is 8.16. The highest BCUT2D eigenvalue weighted by Crippen LogP contribution is 2.04. The molecule has 0 saturated heterocycles. The molecule has 6 nitrogen and oxygen atoms in total. The van der Waals surface area contributed by atoms with Gasteiger partial charge in [-0.2, -0.15) is 0 Å². The zero-order chi connectivity index (χ0) is 15.0. The van der Waals surface area contributed by atoms with E-state index < -0.39 is 12.1 Å². The minimum Gasteiger partial charge on any atom is -0.469 e. The third kappa shape index (κ3) is 5.71. The van der Waals surface area contributed by atoms with E-state index in [1.54, 1.807) is 19.1 Å². The lowest BCUT2D eigenvalue weighted by molar-refractivity contribution is -0.141. The molecular weight excluding hydrogens is 262 g/mol. The van der Waals surface area contributed by atoms with Crippen molar-refractivity contribution >= 4 is 18.0 Å². The molecule has 1 aromatic heterocycles. The zero-order valence-corrected chi connectivity index (χ0v) is 11.6. The Morgan fingerprint density at radius 2 is 2.30 bits per heavy atom. The van der Waals surface area contributed by atoms with E-state index in [1.807, 2.05) is 0 Å². The van der Waals surface area contributed by atoms with E-state index in [0.29, 0.717) is 5.76 Å². The maximum absolute atomic E-state index is 12.0. The molecule has 110 valence electrons. The summed E-state index contributed by atoms with van der Waals surface area (Å²) in [6, 6.07) is 3.44. The minimum absolute atomic E-state index is 0.0869. The van der Waals surface area contributed by atoms with Crippen LogP contribution >= 0.6 is 0 Å². The fraction of sp³-hybridized carbons (Fsp3) is 0.429. The molecule has 0 aromatic carbocycles. The number of hydrogen-bond acceptors (Lipinski definition) is 5. The maximum Gasteiger partial charge on any atom is 0.307 e. The second-order valence-electron chi connectivity index (χ2n) is 4.31. The van der Waals surface area contributed by atoms with Gasteiger partial charge in [-0.05, 0) is 25.1 Å². The number of hydrogen-bond donors (Lipinski definition) is 1. The van der Waals surface area contributed by atoms with Gasteiger partial charge < -0.3 is 19.2 Å². The summed E-state index contributed by atoms with van der Waals surface area (Å²) >= 11 is 0. The molecule has 0 spiro atoms. The molecule has 1 atom stereocenters. The largest absolute Gasteiger partial charge is 0.469 e. The SMILES string of the molecule is COC(=O)CCN(CC(C)O)C(=O)/C=C/c1ccco1. The van der Waals surface area contributed by atoms with Crippen LogP contribution in [0.15, 0.2) is 28.9 Å². The Labute approximate surface area is 117 Å². The highest BCUT2D eigenvalue weighted by atomic mass is 16.5. The van der Waals surface area contributed by atoms with Crippen molar-refractivity contribution in [3.63, 3.8) is 0 Å². The molecule has 0 aliphatic rings. The van der Waals surface area contributed by atoms with Crippen LogP contribution in [0.5, 0.6) is 0 Å². The number of carbonyl (C=O) groups is 2. The van der Waals surface area contributed by atoms with E-state index in [-0.39, 0.29) is 25.4 Å². The third-order valence-electron chi connectivity index (χ3n) is 2.54. The Morgan fingerprint density at radius 3 is 2.85 bits per heavy atom. The van der Waals surface area contributed by atoms with E-state index in [9.17, 15) is 14.7 Å². The van der Waals surface area contributed by atoms with Crippen molar-refractivity contribution in [1.29, 1.82) is 0 Å². The van der Waals surface area contributed by atoms with Crippen LogP contribution in [0.25, 0.3) is 6.08 Å². The lowest BCUT2D eigenvalue weighted by Gasteiger charge is -2.22. The van der Waals surface area contributed by atoms with Crippen LogP contribution in [0.2, 0.25) is 0 Å². The van der Waals surface area contributed by atoms with Crippen molar-refractivity contribution in [2.24, 2.45) is 0 Å². The number of amides is 1. The van der Waals surface area contributed by atoms with Crippen LogP contribution in [0.1, 0.15) is 19.1 Å². The number of nitrogens with zero attached hydrogens (tertiary/aromatic N) is 1. The maximum atomic E-state index is 12.0. The molecule has 1 aromatic rings. The van der Waals surface area contributed by atoms with Gasteiger partial charge in [0.25, 0.3) is 0 Å². The molecule has 0 fully saturated rings. The standard InChI is InChI=1S/C14H19NO5/c1-11(16)10-15(8-7-14(18)19-2)13(17)6-5-12-4-3-9-20-12/h3-6,9,11,16H,7-8,10H2,1-2H3/b6-5+. The number of aliphatic hydroxyl groups is 1. The van der Waals surface area contributed by atoms with Gasteiger partial charge in [0, 0.05) is 19.2 Å². The van der Waals surface area contributed by atoms with Gasteiger partial charge in [-0.15, -0.1) is 0 Å². The van der Waals surface area contributed by atoms with Crippen molar-refractivity contribution in [2.45, 2.75) is 19.4 Å². The Balaban J connectivity index is 2.61. The number of esters is 1. The van der Waals surface area contributed by atoms with Crippen molar-refractivity contribution in [2.75, 3.05) is 20.2 Å². The average Bonchev–Trinajstić information content (AvgIpc) is 2.93. The molecule has 1 N–H and O–H groups in total. The van der Waals surface area contributed by atoms with Crippen molar-refractivity contribution in [3.05, 3.63) is 30.2 Å². The van der Waals surface area contributed by atoms with Gasteiger partial charge in [0.2, 0.25) is 5.91 Å². The molecule has 0 bridgehead atoms. The predicted octanol–water partition coefficient (Wildman–Crippen LogP) is 1.07. The first-order valence-electron chi connectivity index (χ1n) is 6.28. The summed E-state index contributed by atoms with van der Waals surface area (Å²) in [7, 11) is 1.29. The minimum atomic E-state index is -0.673. The predicted molar refractivity (Wildman–Crippen MR) is 72.6 cm³/mol. The highest BCUT2D eigenvalue weighted by Gasteiger charge is 2.15. The van der Waals surface area contributed by atoms with E-state index in [2.05, 4.69) is 4.74 Å². The fourth-order valence-corrected chi connectivity index (χ4v) is 1.58. The first-order valence-corrected chi connectivity index (χ1v) is 6.28. The summed E-state index contributed by atoms with van der Waals surface area (Å²) in [5.74, 6) is -0.141.